The lowest BCUT2D eigenvalue weighted by atomic mass is 10.0. The molecule has 1 unspecified atom stereocenters. The molecule has 0 radical (unpaired) electrons. The first-order chi connectivity index (χ1) is 27.9. The number of methoxy groups -OCH3 is 1. The standard InChI is InChI=1S/C42H57N6O8PS/c1-5-19-57(52,53)42-23-27(42)13-9-7-6-8-10-16-32(46-41(51)56-28-14-11-12-15-28)39(50)48-24-30(21-36(48)38(49)47-42)55-37-22-34(35-25-58-40(45-35)43-26(2)3)44-33-20-29(54-4)17-18-31(33)37/h9,13,17-18,20,22,25-28,30,32,36H,5-8,10-12,14-16,19,21,23-24H2,1-4H3,(H,43,45)(H,46,51)(H,47,49)(H,52,53)/b13-9-/t27-,30-,32+,36+,42+/m1/s1. The van der Waals surface area contributed by atoms with Crippen LogP contribution in [0.3, 0.4) is 0 Å². The van der Waals surface area contributed by atoms with Crippen LogP contribution < -0.4 is 25.4 Å². The van der Waals surface area contributed by atoms with Gasteiger partial charge in [0, 0.05) is 47.4 Å². The number of fused-ring (bicyclic) bond motifs is 3. The van der Waals surface area contributed by atoms with Crippen LogP contribution in [0.1, 0.15) is 97.8 Å². The van der Waals surface area contributed by atoms with Crippen LogP contribution in [-0.2, 0) is 18.9 Å². The highest BCUT2D eigenvalue weighted by atomic mass is 32.1. The molecule has 2 saturated carbocycles. The number of pyridine rings is 1. The Bertz CT molecular complexity index is 2050. The second-order valence-corrected chi connectivity index (χ2v) is 19.9. The van der Waals surface area contributed by atoms with Crippen molar-refractivity contribution in [2.24, 2.45) is 5.92 Å². The first-order valence-corrected chi connectivity index (χ1v) is 23.6. The number of rotatable bonds is 11. The summed E-state index contributed by atoms with van der Waals surface area (Å²) in [5.41, 5.74) is 1.86. The minimum atomic E-state index is -3.84. The van der Waals surface area contributed by atoms with Crippen LogP contribution in [-0.4, -0.2) is 93.1 Å². The van der Waals surface area contributed by atoms with Gasteiger partial charge in [-0.1, -0.05) is 31.9 Å². The molecular weight excluding hydrogens is 780 g/mol. The lowest BCUT2D eigenvalue weighted by molar-refractivity contribution is -0.140. The van der Waals surface area contributed by atoms with Crippen LogP contribution in [0.5, 0.6) is 11.5 Å². The number of aromatic nitrogens is 2. The zero-order valence-corrected chi connectivity index (χ0v) is 35.6. The van der Waals surface area contributed by atoms with Crippen LogP contribution in [0.25, 0.3) is 22.3 Å². The molecule has 6 atom stereocenters. The minimum absolute atomic E-state index is 0.0450. The van der Waals surface area contributed by atoms with Gasteiger partial charge >= 0.3 is 6.09 Å². The van der Waals surface area contributed by atoms with Gasteiger partial charge in [0.15, 0.2) is 5.13 Å². The van der Waals surface area contributed by atoms with Gasteiger partial charge in [0.05, 0.1) is 24.9 Å². The van der Waals surface area contributed by atoms with Crippen molar-refractivity contribution in [2.45, 2.75) is 133 Å². The number of benzene rings is 1. The zero-order chi connectivity index (χ0) is 41.0. The van der Waals surface area contributed by atoms with Crippen molar-refractivity contribution in [3.05, 3.63) is 41.8 Å². The number of carbonyl (C=O) groups is 3. The Morgan fingerprint density at radius 3 is 2.64 bits per heavy atom. The molecule has 4 heterocycles. The molecule has 3 fully saturated rings. The average Bonchev–Trinajstić information content (AvgIpc) is 3.60. The van der Waals surface area contributed by atoms with E-state index in [0.29, 0.717) is 59.5 Å². The minimum Gasteiger partial charge on any atom is -0.497 e. The summed E-state index contributed by atoms with van der Waals surface area (Å²) in [7, 11) is -2.25. The largest absolute Gasteiger partial charge is 0.497 e. The first kappa shape index (κ1) is 41.9. The molecule has 314 valence electrons. The van der Waals surface area contributed by atoms with E-state index >= 15 is 0 Å². The summed E-state index contributed by atoms with van der Waals surface area (Å²) in [5, 5.41) is 11.3. The molecule has 16 heteroatoms. The van der Waals surface area contributed by atoms with Crippen LogP contribution in [0.4, 0.5) is 9.93 Å². The Morgan fingerprint density at radius 1 is 1.09 bits per heavy atom. The number of hydrogen-bond acceptors (Lipinski definition) is 11. The van der Waals surface area contributed by atoms with E-state index in [0.717, 1.165) is 50.1 Å². The van der Waals surface area contributed by atoms with E-state index < -0.39 is 48.7 Å². The number of nitrogens with zero attached hydrogens (tertiary/aromatic N) is 3. The monoisotopic (exact) mass is 836 g/mol. The summed E-state index contributed by atoms with van der Waals surface area (Å²) in [6, 6.07) is 5.57. The SMILES string of the molecule is CCCP(=O)(O)[C@@]12C[C@H]1/C=C\CCCCC[C@H](NC(=O)OC1CCCC1)C(=O)N1C[C@H](Oc3cc(-c4csc(NC(C)C)n4)nc4cc(OC)ccc34)C[C@H]1C(=O)N2. The maximum absolute atomic E-state index is 14.7. The van der Waals surface area contributed by atoms with Gasteiger partial charge in [0.25, 0.3) is 0 Å². The molecule has 4 aliphatic rings. The van der Waals surface area contributed by atoms with Crippen LogP contribution in [0, 0.1) is 5.92 Å². The Morgan fingerprint density at radius 2 is 1.88 bits per heavy atom. The highest BCUT2D eigenvalue weighted by Gasteiger charge is 2.65. The number of carbonyl (C=O) groups excluding carboxylic acids is 3. The second-order valence-electron chi connectivity index (χ2n) is 16.4. The van der Waals surface area contributed by atoms with E-state index in [9.17, 15) is 23.8 Å². The van der Waals surface area contributed by atoms with Crippen molar-refractivity contribution in [3.8, 4) is 22.9 Å². The fourth-order valence-electron chi connectivity index (χ4n) is 8.57. The highest BCUT2D eigenvalue weighted by molar-refractivity contribution is 7.60. The van der Waals surface area contributed by atoms with Crippen molar-refractivity contribution in [1.29, 1.82) is 0 Å². The van der Waals surface area contributed by atoms with Crippen molar-refractivity contribution in [2.75, 3.05) is 25.1 Å². The van der Waals surface area contributed by atoms with Gasteiger partial charge in [-0.25, -0.2) is 14.8 Å². The molecule has 14 nitrogen and oxygen atoms in total. The molecule has 1 aromatic carbocycles. The van der Waals surface area contributed by atoms with Crippen molar-refractivity contribution >= 4 is 52.6 Å². The molecule has 2 aliphatic heterocycles. The molecule has 2 aliphatic carbocycles. The summed E-state index contributed by atoms with van der Waals surface area (Å²) in [6.45, 7) is 5.99. The molecule has 0 bridgehead atoms. The molecule has 3 amide bonds. The van der Waals surface area contributed by atoms with Crippen molar-refractivity contribution < 1.29 is 38.1 Å². The summed E-state index contributed by atoms with van der Waals surface area (Å²) < 4.78 is 32.0. The molecule has 1 saturated heterocycles. The van der Waals surface area contributed by atoms with Crippen LogP contribution in [0.15, 0.2) is 41.8 Å². The van der Waals surface area contributed by atoms with E-state index in [-0.39, 0.29) is 37.2 Å². The van der Waals surface area contributed by atoms with Gasteiger partial charge in [-0.2, -0.15) is 0 Å². The third-order valence-corrected chi connectivity index (χ3v) is 15.4. The normalized spacial score (nSPS) is 27.1. The van der Waals surface area contributed by atoms with Crippen LogP contribution >= 0.6 is 18.7 Å². The maximum atomic E-state index is 14.7. The molecule has 3 aromatic rings. The van der Waals surface area contributed by atoms with E-state index in [1.165, 1.54) is 16.2 Å². The number of hydrogen-bond donors (Lipinski definition) is 4. The number of allylic oxidation sites excluding steroid dienone is 1. The van der Waals surface area contributed by atoms with Gasteiger partial charge in [-0.05, 0) is 83.8 Å². The number of ether oxygens (including phenoxy) is 3. The third-order valence-electron chi connectivity index (χ3n) is 11.7. The predicted molar refractivity (Wildman–Crippen MR) is 225 cm³/mol. The lowest BCUT2D eigenvalue weighted by Gasteiger charge is -2.31. The van der Waals surface area contributed by atoms with Crippen molar-refractivity contribution in [3.63, 3.8) is 0 Å². The second kappa shape index (κ2) is 18.0. The molecule has 2 aromatic heterocycles. The zero-order valence-electron chi connectivity index (χ0n) is 33.9. The summed E-state index contributed by atoms with van der Waals surface area (Å²) in [5.74, 6) is -0.102. The highest BCUT2D eigenvalue weighted by Crippen LogP contribution is 2.69. The fraction of sp³-hybridized carbons (Fsp3) is 0.595. The number of nitrogens with one attached hydrogen (secondary N) is 3. The molecule has 58 heavy (non-hydrogen) atoms. The van der Waals surface area contributed by atoms with Gasteiger partial charge in [-0.3, -0.25) is 14.2 Å². The fourth-order valence-corrected chi connectivity index (χ4v) is 11.8. The van der Waals surface area contributed by atoms with Crippen LogP contribution in [0.2, 0.25) is 0 Å². The topological polar surface area (TPSA) is 181 Å². The summed E-state index contributed by atoms with van der Waals surface area (Å²) in [6.07, 6.45) is 10.6. The number of alkyl carbamates (subject to hydrolysis) is 1. The third kappa shape index (κ3) is 9.31. The molecular formula is C42H57N6O8PS. The van der Waals surface area contributed by atoms with Gasteiger partial charge in [0.1, 0.15) is 46.8 Å². The summed E-state index contributed by atoms with van der Waals surface area (Å²) >= 11 is 1.48. The molecule has 0 spiro atoms. The quantitative estimate of drug-likeness (QED) is 0.110. The first-order valence-electron chi connectivity index (χ1n) is 20.9. The van der Waals surface area contributed by atoms with Gasteiger partial charge < -0.3 is 40.0 Å². The summed E-state index contributed by atoms with van der Waals surface area (Å²) in [4.78, 5) is 65.1. The Kier molecular flexibility index (Phi) is 13.0. The Hall–Kier alpha value is -4.20. The Labute approximate surface area is 344 Å². The molecule has 4 N–H and O–H groups in total. The Balaban J connectivity index is 1.22. The number of anilines is 1. The van der Waals surface area contributed by atoms with Gasteiger partial charge in [0.2, 0.25) is 19.2 Å². The van der Waals surface area contributed by atoms with E-state index in [1.54, 1.807) is 7.11 Å². The van der Waals surface area contributed by atoms with E-state index in [2.05, 4.69) is 16.0 Å². The van der Waals surface area contributed by atoms with E-state index in [1.807, 2.05) is 62.6 Å². The predicted octanol–water partition coefficient (Wildman–Crippen LogP) is 7.61. The lowest BCUT2D eigenvalue weighted by Crippen LogP contribution is -2.55. The van der Waals surface area contributed by atoms with E-state index in [4.69, 9.17) is 24.2 Å². The van der Waals surface area contributed by atoms with Crippen molar-refractivity contribution in [1.82, 2.24) is 25.5 Å². The average molecular weight is 837 g/mol. The number of amides is 3. The maximum Gasteiger partial charge on any atom is 0.408 e. The smallest absolute Gasteiger partial charge is 0.408 e. The molecule has 7 rings (SSSR count). The number of thiazole rings is 1. The van der Waals surface area contributed by atoms with Gasteiger partial charge in [-0.15, -0.1) is 11.3 Å².